The third-order valence-corrected chi connectivity index (χ3v) is 4.01. The standard InChI is InChI=1S/C20H16NO/c1-13-7-10-15(11-8-13)19-14(2)9-12-18-20(19)21-16-5-3-4-6-17(16)22-18/h3-12H,1-2H3. The second kappa shape index (κ2) is 4.92. The van der Waals surface area contributed by atoms with Crippen LogP contribution in [0.5, 0.6) is 11.5 Å². The SMILES string of the molecule is Cc1ccc(-c2c(C)ccc3c2[N]c2ccccc2O3)cc1. The maximum Gasteiger partial charge on any atom is 0.153 e. The Morgan fingerprint density at radius 1 is 0.773 bits per heavy atom. The van der Waals surface area contributed by atoms with Crippen molar-refractivity contribution in [2.75, 3.05) is 0 Å². The smallest absolute Gasteiger partial charge is 0.153 e. The molecular weight excluding hydrogens is 270 g/mol. The van der Waals surface area contributed by atoms with Crippen LogP contribution in [-0.4, -0.2) is 0 Å². The summed E-state index contributed by atoms with van der Waals surface area (Å²) < 4.78 is 6.02. The van der Waals surface area contributed by atoms with Crippen molar-refractivity contribution in [2.45, 2.75) is 13.8 Å². The van der Waals surface area contributed by atoms with Crippen molar-refractivity contribution in [1.82, 2.24) is 5.32 Å². The average Bonchev–Trinajstić information content (AvgIpc) is 2.54. The van der Waals surface area contributed by atoms with Crippen molar-refractivity contribution in [3.8, 4) is 22.6 Å². The summed E-state index contributed by atoms with van der Waals surface area (Å²) in [6, 6.07) is 20.5. The molecule has 0 bridgehead atoms. The molecule has 2 heteroatoms. The van der Waals surface area contributed by atoms with Crippen LogP contribution in [0.3, 0.4) is 0 Å². The van der Waals surface area contributed by atoms with Crippen molar-refractivity contribution in [2.24, 2.45) is 0 Å². The Morgan fingerprint density at radius 3 is 2.36 bits per heavy atom. The molecule has 0 aromatic heterocycles. The summed E-state index contributed by atoms with van der Waals surface area (Å²) in [5, 5.41) is 4.84. The van der Waals surface area contributed by atoms with Crippen LogP contribution in [0.1, 0.15) is 11.1 Å². The summed E-state index contributed by atoms with van der Waals surface area (Å²) >= 11 is 0. The average molecular weight is 286 g/mol. The zero-order chi connectivity index (χ0) is 15.1. The Bertz CT molecular complexity index is 850. The fraction of sp³-hybridized carbons (Fsp3) is 0.100. The molecule has 4 rings (SSSR count). The van der Waals surface area contributed by atoms with E-state index >= 15 is 0 Å². The van der Waals surface area contributed by atoms with Gasteiger partial charge in [-0.2, -0.15) is 0 Å². The summed E-state index contributed by atoms with van der Waals surface area (Å²) in [5.74, 6) is 1.63. The summed E-state index contributed by atoms with van der Waals surface area (Å²) in [6.07, 6.45) is 0. The number of ether oxygens (including phenoxy) is 1. The monoisotopic (exact) mass is 286 g/mol. The minimum atomic E-state index is 0.814. The largest absolute Gasteiger partial charge is 0.453 e. The quantitative estimate of drug-likeness (QED) is 0.444. The Kier molecular flexibility index (Phi) is 2.90. The number of para-hydroxylation sites is 2. The van der Waals surface area contributed by atoms with E-state index in [0.29, 0.717) is 0 Å². The molecule has 3 aromatic rings. The van der Waals surface area contributed by atoms with Crippen LogP contribution < -0.4 is 10.1 Å². The van der Waals surface area contributed by atoms with Gasteiger partial charge in [0.05, 0.1) is 0 Å². The molecule has 1 radical (unpaired) electrons. The van der Waals surface area contributed by atoms with Gasteiger partial charge >= 0.3 is 0 Å². The molecular formula is C20H16NO. The number of fused-ring (bicyclic) bond motifs is 2. The predicted octanol–water partition coefficient (Wildman–Crippen LogP) is 5.64. The van der Waals surface area contributed by atoms with Crippen molar-refractivity contribution in [1.29, 1.82) is 0 Å². The van der Waals surface area contributed by atoms with E-state index in [-0.39, 0.29) is 0 Å². The lowest BCUT2D eigenvalue weighted by Gasteiger charge is -2.23. The minimum absolute atomic E-state index is 0.814. The highest BCUT2D eigenvalue weighted by Crippen LogP contribution is 2.47. The molecule has 22 heavy (non-hydrogen) atoms. The number of hydrogen-bond acceptors (Lipinski definition) is 1. The molecule has 0 atom stereocenters. The molecule has 1 heterocycles. The summed E-state index contributed by atoms with van der Waals surface area (Å²) in [5.41, 5.74) is 6.58. The first-order chi connectivity index (χ1) is 10.7. The number of rotatable bonds is 1. The van der Waals surface area contributed by atoms with Crippen LogP contribution >= 0.6 is 0 Å². The van der Waals surface area contributed by atoms with Gasteiger partial charge in [0.1, 0.15) is 11.4 Å². The minimum Gasteiger partial charge on any atom is -0.453 e. The fourth-order valence-electron chi connectivity index (χ4n) is 2.83. The molecule has 1 aliphatic rings. The van der Waals surface area contributed by atoms with Gasteiger partial charge < -0.3 is 4.74 Å². The second-order valence-electron chi connectivity index (χ2n) is 5.65. The number of nitrogens with zero attached hydrogens (tertiary/aromatic N) is 1. The Morgan fingerprint density at radius 2 is 1.55 bits per heavy atom. The van der Waals surface area contributed by atoms with E-state index in [1.165, 1.54) is 16.7 Å². The molecule has 0 N–H and O–H groups in total. The zero-order valence-electron chi connectivity index (χ0n) is 12.6. The van der Waals surface area contributed by atoms with Gasteiger partial charge in [0, 0.05) is 5.56 Å². The molecule has 0 fully saturated rings. The van der Waals surface area contributed by atoms with Gasteiger partial charge in [-0.3, -0.25) is 0 Å². The highest BCUT2D eigenvalue weighted by atomic mass is 16.5. The summed E-state index contributed by atoms with van der Waals surface area (Å²) in [7, 11) is 0. The van der Waals surface area contributed by atoms with E-state index in [9.17, 15) is 0 Å². The topological polar surface area (TPSA) is 23.3 Å². The number of benzene rings is 3. The van der Waals surface area contributed by atoms with Crippen LogP contribution in [0.15, 0.2) is 60.7 Å². The van der Waals surface area contributed by atoms with E-state index in [2.05, 4.69) is 44.2 Å². The molecule has 0 saturated heterocycles. The predicted molar refractivity (Wildman–Crippen MR) is 89.3 cm³/mol. The third kappa shape index (κ3) is 2.04. The Hall–Kier alpha value is -2.74. The molecule has 0 saturated carbocycles. The van der Waals surface area contributed by atoms with Crippen LogP contribution in [0, 0.1) is 13.8 Å². The van der Waals surface area contributed by atoms with Crippen LogP contribution in [0.25, 0.3) is 11.1 Å². The number of aryl methyl sites for hydroxylation is 2. The molecule has 0 unspecified atom stereocenters. The van der Waals surface area contributed by atoms with Gasteiger partial charge in [-0.15, -0.1) is 0 Å². The van der Waals surface area contributed by atoms with Crippen molar-refractivity contribution in [3.05, 3.63) is 71.8 Å². The number of hydrogen-bond donors (Lipinski definition) is 0. The van der Waals surface area contributed by atoms with E-state index in [1.54, 1.807) is 0 Å². The summed E-state index contributed by atoms with van der Waals surface area (Å²) in [6.45, 7) is 4.21. The van der Waals surface area contributed by atoms with Gasteiger partial charge in [0.15, 0.2) is 11.5 Å². The van der Waals surface area contributed by atoms with E-state index in [0.717, 1.165) is 28.4 Å². The van der Waals surface area contributed by atoms with Crippen molar-refractivity contribution >= 4 is 11.4 Å². The lowest BCUT2D eigenvalue weighted by Crippen LogP contribution is -2.04. The van der Waals surface area contributed by atoms with E-state index in [4.69, 9.17) is 10.1 Å². The molecule has 3 aromatic carbocycles. The van der Waals surface area contributed by atoms with Gasteiger partial charge in [0.25, 0.3) is 0 Å². The third-order valence-electron chi connectivity index (χ3n) is 4.01. The maximum absolute atomic E-state index is 6.02. The molecule has 0 aliphatic carbocycles. The van der Waals surface area contributed by atoms with Gasteiger partial charge in [-0.1, -0.05) is 48.0 Å². The van der Waals surface area contributed by atoms with Gasteiger partial charge in [-0.05, 0) is 43.2 Å². The van der Waals surface area contributed by atoms with Crippen molar-refractivity contribution in [3.63, 3.8) is 0 Å². The maximum atomic E-state index is 6.02. The molecule has 0 amide bonds. The van der Waals surface area contributed by atoms with Crippen LogP contribution in [-0.2, 0) is 0 Å². The lowest BCUT2D eigenvalue weighted by atomic mass is 9.96. The van der Waals surface area contributed by atoms with Gasteiger partial charge in [0.2, 0.25) is 0 Å². The molecule has 107 valence electrons. The summed E-state index contributed by atoms with van der Waals surface area (Å²) in [4.78, 5) is 0. The fourth-order valence-corrected chi connectivity index (χ4v) is 2.83. The molecule has 2 nitrogen and oxygen atoms in total. The second-order valence-corrected chi connectivity index (χ2v) is 5.65. The highest BCUT2D eigenvalue weighted by Gasteiger charge is 2.22. The first-order valence-electron chi connectivity index (χ1n) is 7.41. The lowest BCUT2D eigenvalue weighted by molar-refractivity contribution is 0.471. The van der Waals surface area contributed by atoms with E-state index < -0.39 is 0 Å². The zero-order valence-corrected chi connectivity index (χ0v) is 12.6. The first kappa shape index (κ1) is 13.0. The molecule has 0 spiro atoms. The Labute approximate surface area is 130 Å². The normalized spacial score (nSPS) is 11.9. The van der Waals surface area contributed by atoms with Crippen LogP contribution in [0.4, 0.5) is 11.4 Å². The first-order valence-corrected chi connectivity index (χ1v) is 7.41. The molecule has 1 aliphatic heterocycles. The van der Waals surface area contributed by atoms with Gasteiger partial charge in [-0.25, -0.2) is 5.32 Å². The van der Waals surface area contributed by atoms with E-state index in [1.807, 2.05) is 30.3 Å². The highest BCUT2D eigenvalue weighted by molar-refractivity contribution is 5.86. The Balaban J connectivity index is 1.89. The van der Waals surface area contributed by atoms with Crippen LogP contribution in [0.2, 0.25) is 0 Å². The van der Waals surface area contributed by atoms with Crippen molar-refractivity contribution < 1.29 is 4.74 Å².